The van der Waals surface area contributed by atoms with Crippen LogP contribution in [0.5, 0.6) is 11.8 Å². The van der Waals surface area contributed by atoms with E-state index in [1.165, 1.54) is 26.5 Å². The molecule has 0 unspecified atom stereocenters. The fraction of sp³-hybridized carbons (Fsp3) is 0.231. The highest BCUT2D eigenvalue weighted by Gasteiger charge is 2.12. The van der Waals surface area contributed by atoms with Crippen LogP contribution in [0.1, 0.15) is 10.5 Å². The number of pyridine rings is 1. The van der Waals surface area contributed by atoms with Crippen molar-refractivity contribution in [1.29, 1.82) is 0 Å². The number of hydrogen-bond donors (Lipinski definition) is 2. The summed E-state index contributed by atoms with van der Waals surface area (Å²) in [5.41, 5.74) is 1.02. The van der Waals surface area contributed by atoms with Gasteiger partial charge >= 0.3 is 0 Å². The minimum absolute atomic E-state index is 0.0767. The zero-order chi connectivity index (χ0) is 15.2. The van der Waals surface area contributed by atoms with E-state index in [1.54, 1.807) is 19.2 Å². The highest BCUT2D eigenvalue weighted by molar-refractivity contribution is 6.02. The maximum Gasteiger partial charge on any atom is 0.276 e. The van der Waals surface area contributed by atoms with Gasteiger partial charge in [-0.1, -0.05) is 0 Å². The maximum absolute atomic E-state index is 12.1. The summed E-state index contributed by atoms with van der Waals surface area (Å²) in [5, 5.41) is 5.48. The van der Waals surface area contributed by atoms with Gasteiger partial charge in [0.15, 0.2) is 0 Å². The van der Waals surface area contributed by atoms with Gasteiger partial charge in [0.2, 0.25) is 17.7 Å². The van der Waals surface area contributed by atoms with E-state index in [2.05, 4.69) is 25.6 Å². The first-order valence-electron chi connectivity index (χ1n) is 6.08. The first-order chi connectivity index (χ1) is 10.2. The van der Waals surface area contributed by atoms with Crippen LogP contribution >= 0.6 is 0 Å². The minimum atomic E-state index is -0.428. The third kappa shape index (κ3) is 3.56. The molecule has 0 saturated heterocycles. The highest BCUT2D eigenvalue weighted by Crippen LogP contribution is 2.17. The molecule has 8 heteroatoms. The molecule has 2 aromatic heterocycles. The van der Waals surface area contributed by atoms with E-state index in [4.69, 9.17) is 9.47 Å². The standard InChI is InChI=1S/C13H15N5O3/c1-14-8-4-5-15-9(6-8)12(19)18-13-16-10(20-2)7-11(17-13)21-3/h4-7H,1-3H3,(H,14,15)(H,16,17,18,19). The van der Waals surface area contributed by atoms with Gasteiger partial charge in [0.05, 0.1) is 20.3 Å². The van der Waals surface area contributed by atoms with Crippen molar-refractivity contribution in [3.05, 3.63) is 30.1 Å². The molecule has 110 valence electrons. The number of aromatic nitrogens is 3. The van der Waals surface area contributed by atoms with Crippen LogP contribution in [0.4, 0.5) is 11.6 Å². The fourth-order valence-electron chi connectivity index (χ4n) is 1.54. The molecule has 2 N–H and O–H groups in total. The molecule has 2 rings (SSSR count). The van der Waals surface area contributed by atoms with E-state index in [0.717, 1.165) is 5.69 Å². The Balaban J connectivity index is 2.22. The number of nitrogens with one attached hydrogen (secondary N) is 2. The smallest absolute Gasteiger partial charge is 0.276 e. The second-order valence-electron chi connectivity index (χ2n) is 3.91. The fourth-order valence-corrected chi connectivity index (χ4v) is 1.54. The second kappa shape index (κ2) is 6.51. The Morgan fingerprint density at radius 1 is 1.14 bits per heavy atom. The second-order valence-corrected chi connectivity index (χ2v) is 3.91. The van der Waals surface area contributed by atoms with Crippen LogP contribution in [0, 0.1) is 0 Å². The topological polar surface area (TPSA) is 98.3 Å². The van der Waals surface area contributed by atoms with Crippen LogP contribution in [-0.4, -0.2) is 42.1 Å². The molecule has 0 spiro atoms. The summed E-state index contributed by atoms with van der Waals surface area (Å²) in [5.74, 6) is 0.221. The summed E-state index contributed by atoms with van der Waals surface area (Å²) in [7, 11) is 4.68. The summed E-state index contributed by atoms with van der Waals surface area (Å²) in [6.45, 7) is 0. The van der Waals surface area contributed by atoms with Crippen molar-refractivity contribution in [3.8, 4) is 11.8 Å². The molecule has 0 saturated carbocycles. The van der Waals surface area contributed by atoms with Crippen LogP contribution in [0.15, 0.2) is 24.4 Å². The monoisotopic (exact) mass is 289 g/mol. The van der Waals surface area contributed by atoms with E-state index in [1.807, 2.05) is 0 Å². The molecule has 0 aromatic carbocycles. The summed E-state index contributed by atoms with van der Waals surface area (Å²) in [6.07, 6.45) is 1.54. The number of hydrogen-bond acceptors (Lipinski definition) is 7. The molecule has 21 heavy (non-hydrogen) atoms. The Morgan fingerprint density at radius 3 is 2.38 bits per heavy atom. The Morgan fingerprint density at radius 2 is 1.81 bits per heavy atom. The number of carbonyl (C=O) groups excluding carboxylic acids is 1. The minimum Gasteiger partial charge on any atom is -0.481 e. The van der Waals surface area contributed by atoms with Gasteiger partial charge in [-0.3, -0.25) is 15.1 Å². The van der Waals surface area contributed by atoms with Gasteiger partial charge in [-0.15, -0.1) is 0 Å². The molecule has 0 radical (unpaired) electrons. The van der Waals surface area contributed by atoms with Crippen LogP contribution < -0.4 is 20.1 Å². The number of nitrogens with zero attached hydrogens (tertiary/aromatic N) is 3. The zero-order valence-corrected chi connectivity index (χ0v) is 11.9. The third-order valence-electron chi connectivity index (χ3n) is 2.60. The maximum atomic E-state index is 12.1. The largest absolute Gasteiger partial charge is 0.481 e. The summed E-state index contributed by atoms with van der Waals surface area (Å²) in [6, 6.07) is 4.88. The first kappa shape index (κ1) is 14.5. The van der Waals surface area contributed by atoms with Crippen molar-refractivity contribution in [2.24, 2.45) is 0 Å². The predicted molar refractivity (Wildman–Crippen MR) is 76.9 cm³/mol. The lowest BCUT2D eigenvalue weighted by Gasteiger charge is -2.08. The first-order valence-corrected chi connectivity index (χ1v) is 6.08. The van der Waals surface area contributed by atoms with E-state index in [9.17, 15) is 4.79 Å². The average Bonchev–Trinajstić information content (AvgIpc) is 2.54. The molecule has 0 fully saturated rings. The van der Waals surface area contributed by atoms with Crippen molar-refractivity contribution in [1.82, 2.24) is 15.0 Å². The number of rotatable bonds is 5. The molecule has 0 atom stereocenters. The van der Waals surface area contributed by atoms with Crippen LogP contribution in [0.25, 0.3) is 0 Å². The van der Waals surface area contributed by atoms with E-state index < -0.39 is 5.91 Å². The van der Waals surface area contributed by atoms with Gasteiger partial charge in [0, 0.05) is 18.9 Å². The molecule has 2 heterocycles. The molecule has 0 aliphatic rings. The van der Waals surface area contributed by atoms with E-state index in [0.29, 0.717) is 0 Å². The predicted octanol–water partition coefficient (Wildman–Crippen LogP) is 1.18. The molecule has 0 aliphatic carbocycles. The van der Waals surface area contributed by atoms with Gasteiger partial charge in [0.1, 0.15) is 5.69 Å². The molecule has 0 aliphatic heterocycles. The highest BCUT2D eigenvalue weighted by atomic mass is 16.5. The summed E-state index contributed by atoms with van der Waals surface area (Å²) < 4.78 is 10.0. The van der Waals surface area contributed by atoms with Crippen molar-refractivity contribution in [3.63, 3.8) is 0 Å². The lowest BCUT2D eigenvalue weighted by atomic mass is 10.3. The Bertz CT molecular complexity index is 625. The number of amides is 1. The van der Waals surface area contributed by atoms with Crippen molar-refractivity contribution in [2.75, 3.05) is 31.9 Å². The Hall–Kier alpha value is -2.90. The number of carbonyl (C=O) groups is 1. The normalized spacial score (nSPS) is 9.86. The number of methoxy groups -OCH3 is 2. The Kier molecular flexibility index (Phi) is 4.50. The van der Waals surface area contributed by atoms with Crippen molar-refractivity contribution in [2.45, 2.75) is 0 Å². The van der Waals surface area contributed by atoms with Gasteiger partial charge in [-0.25, -0.2) is 0 Å². The quantitative estimate of drug-likeness (QED) is 0.852. The number of anilines is 2. The molecule has 8 nitrogen and oxygen atoms in total. The van der Waals surface area contributed by atoms with Crippen molar-refractivity contribution >= 4 is 17.5 Å². The SMILES string of the molecule is CNc1ccnc(C(=O)Nc2nc(OC)cc(OC)n2)c1. The van der Waals surface area contributed by atoms with E-state index >= 15 is 0 Å². The van der Waals surface area contributed by atoms with Gasteiger partial charge in [-0.2, -0.15) is 9.97 Å². The molecule has 0 bridgehead atoms. The number of ether oxygens (including phenoxy) is 2. The van der Waals surface area contributed by atoms with Gasteiger partial charge < -0.3 is 14.8 Å². The molecular formula is C13H15N5O3. The van der Waals surface area contributed by atoms with Crippen LogP contribution in [0.2, 0.25) is 0 Å². The molecule has 2 aromatic rings. The molecule has 1 amide bonds. The van der Waals surface area contributed by atoms with Gasteiger partial charge in [-0.05, 0) is 12.1 Å². The molecular weight excluding hydrogens is 274 g/mol. The summed E-state index contributed by atoms with van der Waals surface area (Å²) in [4.78, 5) is 24.2. The average molecular weight is 289 g/mol. The zero-order valence-electron chi connectivity index (χ0n) is 11.9. The Labute approximate surface area is 121 Å². The summed E-state index contributed by atoms with van der Waals surface area (Å²) >= 11 is 0. The van der Waals surface area contributed by atoms with Crippen LogP contribution in [0.3, 0.4) is 0 Å². The van der Waals surface area contributed by atoms with Crippen LogP contribution in [-0.2, 0) is 0 Å². The van der Waals surface area contributed by atoms with E-state index in [-0.39, 0.29) is 23.4 Å². The third-order valence-corrected chi connectivity index (χ3v) is 2.60. The lowest BCUT2D eigenvalue weighted by Crippen LogP contribution is -2.16. The lowest BCUT2D eigenvalue weighted by molar-refractivity contribution is 0.102. The van der Waals surface area contributed by atoms with Crippen molar-refractivity contribution < 1.29 is 14.3 Å². The van der Waals surface area contributed by atoms with Gasteiger partial charge in [0.25, 0.3) is 5.91 Å².